The first-order chi connectivity index (χ1) is 14.2. The Morgan fingerprint density at radius 1 is 1.17 bits per heavy atom. The summed E-state index contributed by atoms with van der Waals surface area (Å²) in [5, 5.41) is 3.21. The van der Waals surface area contributed by atoms with Crippen molar-refractivity contribution in [3.8, 4) is 0 Å². The first-order valence-corrected chi connectivity index (χ1v) is 11.5. The first kappa shape index (κ1) is 18.9. The molecule has 1 amide bonds. The lowest BCUT2D eigenvalue weighted by Crippen LogP contribution is -2.56. The van der Waals surface area contributed by atoms with Crippen LogP contribution in [0.4, 0.5) is 5.82 Å². The molecule has 8 heteroatoms. The average molecular weight is 413 g/mol. The zero-order valence-electron chi connectivity index (χ0n) is 16.9. The number of aromatic nitrogens is 3. The monoisotopic (exact) mass is 412 g/mol. The number of hydrogen-bond acceptors (Lipinski definition) is 7. The Morgan fingerprint density at radius 3 is 2.72 bits per heavy atom. The van der Waals surface area contributed by atoms with Crippen LogP contribution >= 0.6 is 11.3 Å². The van der Waals surface area contributed by atoms with Crippen molar-refractivity contribution in [2.24, 2.45) is 5.41 Å². The summed E-state index contributed by atoms with van der Waals surface area (Å²) in [5.41, 5.74) is -0.227. The predicted molar refractivity (Wildman–Crippen MR) is 113 cm³/mol. The van der Waals surface area contributed by atoms with Crippen molar-refractivity contribution < 1.29 is 4.79 Å². The summed E-state index contributed by atoms with van der Waals surface area (Å²) in [6.07, 6.45) is 11.4. The first-order valence-electron chi connectivity index (χ1n) is 10.7. The van der Waals surface area contributed by atoms with Crippen LogP contribution in [0.25, 0.3) is 0 Å². The van der Waals surface area contributed by atoms with E-state index in [1.54, 1.807) is 29.9 Å². The van der Waals surface area contributed by atoms with Crippen LogP contribution in [0.3, 0.4) is 0 Å². The van der Waals surface area contributed by atoms with Crippen LogP contribution in [0.2, 0.25) is 0 Å². The molecule has 29 heavy (non-hydrogen) atoms. The molecule has 3 atom stereocenters. The second kappa shape index (κ2) is 7.65. The lowest BCUT2D eigenvalue weighted by Gasteiger charge is -2.43. The average Bonchev–Trinajstić information content (AvgIpc) is 3.51. The molecule has 154 valence electrons. The minimum atomic E-state index is -0.227. The van der Waals surface area contributed by atoms with Gasteiger partial charge >= 0.3 is 0 Å². The van der Waals surface area contributed by atoms with Gasteiger partial charge in [0.05, 0.1) is 18.2 Å². The van der Waals surface area contributed by atoms with Crippen molar-refractivity contribution in [2.75, 3.05) is 31.1 Å². The molecule has 3 saturated heterocycles. The Labute approximate surface area is 175 Å². The Balaban J connectivity index is 1.29. The summed E-state index contributed by atoms with van der Waals surface area (Å²) in [6, 6.07) is 0.876. The minimum Gasteiger partial charge on any atom is -0.352 e. The van der Waals surface area contributed by atoms with Crippen molar-refractivity contribution in [3.05, 3.63) is 35.2 Å². The molecule has 0 unspecified atom stereocenters. The summed E-state index contributed by atoms with van der Waals surface area (Å²) in [6.45, 7) is 6.27. The molecule has 0 spiro atoms. The third-order valence-corrected chi connectivity index (χ3v) is 7.94. The molecule has 2 aromatic heterocycles. The highest BCUT2D eigenvalue weighted by molar-refractivity contribution is 7.09. The van der Waals surface area contributed by atoms with Gasteiger partial charge in [0.2, 0.25) is 5.91 Å². The number of piperazine rings is 1. The zero-order valence-corrected chi connectivity index (χ0v) is 17.7. The maximum Gasteiger partial charge on any atom is 0.230 e. The molecule has 3 aliphatic rings. The van der Waals surface area contributed by atoms with E-state index in [9.17, 15) is 4.79 Å². The summed E-state index contributed by atoms with van der Waals surface area (Å²) in [4.78, 5) is 33.8. The van der Waals surface area contributed by atoms with E-state index >= 15 is 0 Å². The summed E-state index contributed by atoms with van der Waals surface area (Å²) in [5.74, 6) is 1.27. The molecule has 0 N–H and O–H groups in total. The smallest absolute Gasteiger partial charge is 0.230 e. The fourth-order valence-corrected chi connectivity index (χ4v) is 6.33. The van der Waals surface area contributed by atoms with Crippen LogP contribution in [0.15, 0.2) is 30.2 Å². The van der Waals surface area contributed by atoms with E-state index < -0.39 is 0 Å². The molecular formula is C21H28N6OS. The molecule has 0 saturated carbocycles. The van der Waals surface area contributed by atoms with Crippen LogP contribution in [-0.2, 0) is 11.3 Å². The molecule has 0 radical (unpaired) electrons. The number of nitrogens with zero attached hydrogens (tertiary/aromatic N) is 6. The normalized spacial score (nSPS) is 29.6. The van der Waals surface area contributed by atoms with Crippen LogP contribution in [0.5, 0.6) is 0 Å². The second-order valence-electron chi connectivity index (χ2n) is 8.40. The van der Waals surface area contributed by atoms with Crippen LogP contribution in [0, 0.1) is 5.41 Å². The molecular weight excluding hydrogens is 384 g/mol. The molecule has 0 aromatic carbocycles. The highest BCUT2D eigenvalue weighted by Gasteiger charge is 2.59. The van der Waals surface area contributed by atoms with E-state index in [1.807, 2.05) is 11.6 Å². The van der Waals surface area contributed by atoms with Crippen molar-refractivity contribution in [2.45, 2.75) is 51.2 Å². The highest BCUT2D eigenvalue weighted by atomic mass is 32.1. The van der Waals surface area contributed by atoms with Gasteiger partial charge in [-0.3, -0.25) is 14.7 Å². The zero-order chi connectivity index (χ0) is 19.8. The number of rotatable bonds is 5. The fraction of sp³-hybridized carbons (Fsp3) is 0.619. The number of amides is 1. The van der Waals surface area contributed by atoms with Gasteiger partial charge in [-0.1, -0.05) is 6.92 Å². The third-order valence-electron chi connectivity index (χ3n) is 7.18. The van der Waals surface area contributed by atoms with Crippen molar-refractivity contribution >= 4 is 23.1 Å². The van der Waals surface area contributed by atoms with Gasteiger partial charge in [0.25, 0.3) is 0 Å². The highest BCUT2D eigenvalue weighted by Crippen LogP contribution is 2.53. The Bertz CT molecular complexity index is 838. The lowest BCUT2D eigenvalue weighted by atomic mass is 9.70. The SMILES string of the molecule is CC[C@]1(C(=O)N2CCN(c3cnccn3)CC2)C[C@H]2CC[C@@H]1N2Cc1nccs1. The molecule has 0 aliphatic carbocycles. The van der Waals surface area contributed by atoms with Gasteiger partial charge in [-0.2, -0.15) is 0 Å². The van der Waals surface area contributed by atoms with Crippen molar-refractivity contribution in [1.29, 1.82) is 0 Å². The summed E-state index contributed by atoms with van der Waals surface area (Å²) >= 11 is 1.72. The van der Waals surface area contributed by atoms with E-state index in [4.69, 9.17) is 0 Å². The molecule has 3 fully saturated rings. The van der Waals surface area contributed by atoms with E-state index in [-0.39, 0.29) is 5.41 Å². The Kier molecular flexibility index (Phi) is 4.99. The maximum atomic E-state index is 13.8. The van der Waals surface area contributed by atoms with E-state index in [1.165, 1.54) is 11.4 Å². The standard InChI is InChI=1S/C21H28N6OS/c1-2-21(13-16-3-4-17(21)27(16)15-19-24-7-12-29-19)20(28)26-10-8-25(9-11-26)18-14-22-5-6-23-18/h5-7,12,14,16-17H,2-4,8-11,13,15H2,1H3/t16-,17+,21+/m1/s1. The Morgan fingerprint density at radius 2 is 2.03 bits per heavy atom. The molecule has 3 aliphatic heterocycles. The molecule has 2 bridgehead atoms. The van der Waals surface area contributed by atoms with Gasteiger partial charge in [0.1, 0.15) is 10.8 Å². The van der Waals surface area contributed by atoms with Crippen molar-refractivity contribution in [1.82, 2.24) is 24.8 Å². The van der Waals surface area contributed by atoms with Gasteiger partial charge in [-0.25, -0.2) is 9.97 Å². The van der Waals surface area contributed by atoms with Gasteiger partial charge in [0.15, 0.2) is 0 Å². The quantitative estimate of drug-likeness (QED) is 0.751. The molecule has 5 rings (SSSR count). The van der Waals surface area contributed by atoms with E-state index in [0.717, 1.165) is 57.8 Å². The number of thiazole rings is 1. The van der Waals surface area contributed by atoms with Crippen LogP contribution in [-0.4, -0.2) is 68.9 Å². The Hall–Kier alpha value is -2.06. The van der Waals surface area contributed by atoms with E-state index in [2.05, 4.69) is 36.6 Å². The maximum absolute atomic E-state index is 13.8. The third kappa shape index (κ3) is 3.22. The molecule has 2 aromatic rings. The summed E-state index contributed by atoms with van der Waals surface area (Å²) in [7, 11) is 0. The minimum absolute atomic E-state index is 0.227. The van der Waals surface area contributed by atoms with Gasteiger partial charge in [-0.15, -0.1) is 11.3 Å². The van der Waals surface area contributed by atoms with Crippen molar-refractivity contribution in [3.63, 3.8) is 0 Å². The fourth-order valence-electron chi connectivity index (χ4n) is 5.70. The van der Waals surface area contributed by atoms with Crippen LogP contribution in [0.1, 0.15) is 37.6 Å². The number of hydrogen-bond donors (Lipinski definition) is 0. The number of carbonyl (C=O) groups excluding carboxylic acids is 1. The predicted octanol–water partition coefficient (Wildman–Crippen LogP) is 2.42. The number of carbonyl (C=O) groups is 1. The van der Waals surface area contributed by atoms with E-state index in [0.29, 0.717) is 18.0 Å². The molecule has 7 nitrogen and oxygen atoms in total. The molecule has 5 heterocycles. The number of anilines is 1. The van der Waals surface area contributed by atoms with Crippen LogP contribution < -0.4 is 4.90 Å². The largest absolute Gasteiger partial charge is 0.352 e. The van der Waals surface area contributed by atoms with Gasteiger partial charge < -0.3 is 9.80 Å². The topological polar surface area (TPSA) is 65.5 Å². The van der Waals surface area contributed by atoms with Gasteiger partial charge in [-0.05, 0) is 25.7 Å². The lowest BCUT2D eigenvalue weighted by molar-refractivity contribution is -0.144. The summed E-state index contributed by atoms with van der Waals surface area (Å²) < 4.78 is 0. The van der Waals surface area contributed by atoms with Gasteiger partial charge in [0, 0.05) is 62.2 Å². The number of fused-ring (bicyclic) bond motifs is 2. The second-order valence-corrected chi connectivity index (χ2v) is 9.38.